The van der Waals surface area contributed by atoms with Gasteiger partial charge in [-0.25, -0.2) is 4.99 Å². The molecule has 0 N–H and O–H groups in total. The first-order chi connectivity index (χ1) is 6.16. The lowest BCUT2D eigenvalue weighted by Gasteiger charge is -2.25. The molecule has 0 fully saturated rings. The minimum atomic E-state index is 0.578. The average molecular weight is 201 g/mol. The molecule has 0 amide bonds. The molecular weight excluding hydrogens is 180 g/mol. The molecule has 0 aromatic rings. The molecular formula is C10H21N2S+. The summed E-state index contributed by atoms with van der Waals surface area (Å²) in [5.74, 6) is 0. The number of likely N-dealkylation sites (N-methyl/N-ethyl adjacent to an activating group) is 1. The average Bonchev–Trinajstić information content (AvgIpc) is 2.51. The molecule has 0 spiro atoms. The molecule has 1 rings (SSSR count). The van der Waals surface area contributed by atoms with Gasteiger partial charge in [-0.2, -0.15) is 12.6 Å². The van der Waals surface area contributed by atoms with Crippen LogP contribution in [0.15, 0.2) is 4.99 Å². The summed E-state index contributed by atoms with van der Waals surface area (Å²) < 4.78 is 1.01. The fraction of sp³-hybridized carbons (Fsp3) is 0.900. The second-order valence-corrected chi connectivity index (χ2v) is 4.91. The van der Waals surface area contributed by atoms with Gasteiger partial charge in [-0.3, -0.25) is 4.48 Å². The molecule has 0 aromatic heterocycles. The van der Waals surface area contributed by atoms with Crippen molar-refractivity contribution in [2.75, 3.05) is 26.7 Å². The van der Waals surface area contributed by atoms with Crippen LogP contribution in [-0.4, -0.2) is 42.8 Å². The minimum absolute atomic E-state index is 0.578. The van der Waals surface area contributed by atoms with Crippen LogP contribution in [0.4, 0.5) is 0 Å². The van der Waals surface area contributed by atoms with E-state index in [0.717, 1.165) is 11.0 Å². The molecule has 2 atom stereocenters. The summed E-state index contributed by atoms with van der Waals surface area (Å²) in [5.41, 5.74) is 0. The van der Waals surface area contributed by atoms with Crippen molar-refractivity contribution in [1.82, 2.24) is 0 Å². The lowest BCUT2D eigenvalue weighted by Crippen LogP contribution is -2.42. The van der Waals surface area contributed by atoms with Crippen LogP contribution in [0.2, 0.25) is 0 Å². The lowest BCUT2D eigenvalue weighted by molar-refractivity contribution is -0.807. The molecule has 0 aromatic carbocycles. The van der Waals surface area contributed by atoms with Gasteiger partial charge in [0, 0.05) is 11.7 Å². The Morgan fingerprint density at radius 2 is 2.31 bits per heavy atom. The van der Waals surface area contributed by atoms with Gasteiger partial charge in [-0.15, -0.1) is 0 Å². The van der Waals surface area contributed by atoms with Crippen molar-refractivity contribution in [2.24, 2.45) is 4.99 Å². The SMILES string of the molecule is CCCC(S)CC[N+]1(C)C=NCC1. The maximum absolute atomic E-state index is 4.57. The normalized spacial score (nSPS) is 29.5. The van der Waals surface area contributed by atoms with Crippen LogP contribution in [0.25, 0.3) is 0 Å². The first-order valence-corrected chi connectivity index (χ1v) is 5.71. The number of thiol groups is 1. The Balaban J connectivity index is 2.21. The van der Waals surface area contributed by atoms with E-state index in [1.54, 1.807) is 0 Å². The second kappa shape index (κ2) is 5.01. The van der Waals surface area contributed by atoms with Crippen molar-refractivity contribution in [3.8, 4) is 0 Å². The van der Waals surface area contributed by atoms with Crippen LogP contribution in [0.1, 0.15) is 26.2 Å². The quantitative estimate of drug-likeness (QED) is 0.516. The Bertz CT molecular complexity index is 182. The summed E-state index contributed by atoms with van der Waals surface area (Å²) in [7, 11) is 2.25. The zero-order chi connectivity index (χ0) is 9.73. The predicted octanol–water partition coefficient (Wildman–Crippen LogP) is 1.96. The smallest absolute Gasteiger partial charge is 0.185 e. The molecule has 2 nitrogen and oxygen atoms in total. The van der Waals surface area contributed by atoms with Gasteiger partial charge in [0.15, 0.2) is 6.34 Å². The van der Waals surface area contributed by atoms with E-state index in [1.807, 2.05) is 0 Å². The molecule has 76 valence electrons. The number of hydrogen-bond acceptors (Lipinski definition) is 2. The minimum Gasteiger partial charge on any atom is -0.282 e. The largest absolute Gasteiger partial charge is 0.282 e. The lowest BCUT2D eigenvalue weighted by atomic mass is 10.2. The van der Waals surface area contributed by atoms with Gasteiger partial charge in [0.2, 0.25) is 0 Å². The first kappa shape index (κ1) is 11.1. The Morgan fingerprint density at radius 3 is 2.85 bits per heavy atom. The fourth-order valence-electron chi connectivity index (χ4n) is 1.69. The number of aliphatic imine (C=N–C) groups is 1. The predicted molar refractivity (Wildman–Crippen MR) is 61.6 cm³/mol. The summed E-state index contributed by atoms with van der Waals surface area (Å²) in [4.78, 5) is 4.28. The van der Waals surface area contributed by atoms with Crippen LogP contribution in [-0.2, 0) is 0 Å². The van der Waals surface area contributed by atoms with E-state index in [2.05, 4.69) is 37.9 Å². The van der Waals surface area contributed by atoms with Gasteiger partial charge in [-0.05, 0) is 6.42 Å². The van der Waals surface area contributed by atoms with E-state index in [0.29, 0.717) is 5.25 Å². The van der Waals surface area contributed by atoms with Crippen molar-refractivity contribution in [1.29, 1.82) is 0 Å². The van der Waals surface area contributed by atoms with Crippen LogP contribution >= 0.6 is 12.6 Å². The molecule has 0 saturated heterocycles. The van der Waals surface area contributed by atoms with Crippen LogP contribution in [0.5, 0.6) is 0 Å². The summed E-state index contributed by atoms with van der Waals surface area (Å²) in [5, 5.41) is 0.578. The molecule has 2 unspecified atom stereocenters. The Labute approximate surface area is 87.0 Å². The fourth-order valence-corrected chi connectivity index (χ4v) is 2.06. The third-order valence-corrected chi connectivity index (χ3v) is 3.21. The van der Waals surface area contributed by atoms with Gasteiger partial charge in [0.25, 0.3) is 0 Å². The van der Waals surface area contributed by atoms with E-state index in [-0.39, 0.29) is 0 Å². The third kappa shape index (κ3) is 3.69. The zero-order valence-electron chi connectivity index (χ0n) is 8.74. The Morgan fingerprint density at radius 1 is 1.54 bits per heavy atom. The van der Waals surface area contributed by atoms with Crippen molar-refractivity contribution in [2.45, 2.75) is 31.4 Å². The highest BCUT2D eigenvalue weighted by Gasteiger charge is 2.23. The number of nitrogens with zero attached hydrogens (tertiary/aromatic N) is 2. The van der Waals surface area contributed by atoms with E-state index in [1.165, 1.54) is 32.4 Å². The van der Waals surface area contributed by atoms with E-state index >= 15 is 0 Å². The monoisotopic (exact) mass is 201 g/mol. The standard InChI is InChI=1S/C10H20N2S/c1-3-4-10(13)5-7-12(2)8-6-11-9-12/h9-10H,3-8H2,1-2H3/p+1. The topological polar surface area (TPSA) is 12.4 Å². The van der Waals surface area contributed by atoms with Crippen LogP contribution in [0.3, 0.4) is 0 Å². The van der Waals surface area contributed by atoms with E-state index < -0.39 is 0 Å². The second-order valence-electron chi connectivity index (χ2n) is 4.18. The third-order valence-electron chi connectivity index (χ3n) is 2.70. The molecule has 0 saturated carbocycles. The van der Waals surface area contributed by atoms with Crippen LogP contribution < -0.4 is 0 Å². The molecule has 1 heterocycles. The Kier molecular flexibility index (Phi) is 4.26. The van der Waals surface area contributed by atoms with Crippen molar-refractivity contribution in [3.05, 3.63) is 0 Å². The molecule has 13 heavy (non-hydrogen) atoms. The summed E-state index contributed by atoms with van der Waals surface area (Å²) in [6.07, 6.45) is 5.78. The number of hydrogen-bond donors (Lipinski definition) is 1. The van der Waals surface area contributed by atoms with E-state index in [9.17, 15) is 0 Å². The van der Waals surface area contributed by atoms with Crippen LogP contribution in [0, 0.1) is 0 Å². The molecule has 1 aliphatic heterocycles. The molecule has 0 radical (unpaired) electrons. The highest BCUT2D eigenvalue weighted by molar-refractivity contribution is 7.80. The van der Waals surface area contributed by atoms with Gasteiger partial charge in [-0.1, -0.05) is 13.3 Å². The molecule has 0 bridgehead atoms. The summed E-state index contributed by atoms with van der Waals surface area (Å²) in [6, 6.07) is 0. The molecule has 0 aliphatic carbocycles. The first-order valence-electron chi connectivity index (χ1n) is 5.19. The van der Waals surface area contributed by atoms with E-state index in [4.69, 9.17) is 0 Å². The number of rotatable bonds is 5. The van der Waals surface area contributed by atoms with Gasteiger partial charge in [0.1, 0.15) is 6.54 Å². The maximum atomic E-state index is 4.57. The van der Waals surface area contributed by atoms with Crippen molar-refractivity contribution < 1.29 is 4.48 Å². The highest BCUT2D eigenvalue weighted by Crippen LogP contribution is 2.13. The maximum Gasteiger partial charge on any atom is 0.185 e. The van der Waals surface area contributed by atoms with Gasteiger partial charge >= 0.3 is 0 Å². The van der Waals surface area contributed by atoms with Crippen molar-refractivity contribution in [3.63, 3.8) is 0 Å². The molecule has 3 heteroatoms. The van der Waals surface area contributed by atoms with Gasteiger partial charge < -0.3 is 0 Å². The zero-order valence-corrected chi connectivity index (χ0v) is 9.63. The Hall–Kier alpha value is -0.0200. The summed E-state index contributed by atoms with van der Waals surface area (Å²) >= 11 is 4.57. The van der Waals surface area contributed by atoms with Gasteiger partial charge in [0.05, 0.1) is 20.1 Å². The van der Waals surface area contributed by atoms with Crippen molar-refractivity contribution >= 4 is 19.0 Å². The molecule has 1 aliphatic rings. The number of quaternary nitrogens is 1. The highest BCUT2D eigenvalue weighted by atomic mass is 32.1. The summed E-state index contributed by atoms with van der Waals surface area (Å²) in [6.45, 7) is 5.59.